The summed E-state index contributed by atoms with van der Waals surface area (Å²) in [5.74, 6) is -0.555. The molecule has 4 heteroatoms. The number of aliphatic carboxylic acids is 1. The second-order valence-electron chi connectivity index (χ2n) is 4.29. The molecule has 0 fully saturated rings. The molecule has 0 bridgehead atoms. The first kappa shape index (κ1) is 14.8. The fraction of sp³-hybridized carbons (Fsp3) is 0.357. The van der Waals surface area contributed by atoms with Gasteiger partial charge in [0.25, 0.3) is 0 Å². The third kappa shape index (κ3) is 2.58. The normalized spacial score (nSPS) is 12.1. The number of carboxylic acid groups (broad SMARTS) is 1. The maximum absolute atomic E-state index is 11.1. The van der Waals surface area contributed by atoms with Crippen molar-refractivity contribution in [2.24, 2.45) is 0 Å². The number of carbonyl (C=O) groups is 1. The van der Waals surface area contributed by atoms with Crippen molar-refractivity contribution in [1.29, 1.82) is 0 Å². The molecule has 0 saturated carbocycles. The number of hydrogen-bond acceptors (Lipinski definition) is 2. The number of benzene rings is 1. The van der Waals surface area contributed by atoms with Gasteiger partial charge in [0.2, 0.25) is 0 Å². The summed E-state index contributed by atoms with van der Waals surface area (Å²) >= 11 is 3.52. The predicted octanol–water partition coefficient (Wildman–Crippen LogP) is 3.84. The minimum atomic E-state index is -0.970. The van der Waals surface area contributed by atoms with E-state index in [-0.39, 0.29) is 5.57 Å². The first-order valence-electron chi connectivity index (χ1n) is 5.56. The fourth-order valence-corrected chi connectivity index (χ4v) is 2.36. The second kappa shape index (κ2) is 5.57. The Morgan fingerprint density at radius 3 is 2.28 bits per heavy atom. The Balaban J connectivity index is 3.64. The van der Waals surface area contributed by atoms with Crippen LogP contribution in [0.5, 0.6) is 0 Å². The van der Waals surface area contributed by atoms with Crippen LogP contribution in [0.2, 0.25) is 0 Å². The maximum atomic E-state index is 11.1. The van der Waals surface area contributed by atoms with Crippen molar-refractivity contribution < 1.29 is 14.6 Å². The highest BCUT2D eigenvalue weighted by Gasteiger charge is 2.18. The van der Waals surface area contributed by atoms with Gasteiger partial charge in [-0.3, -0.25) is 0 Å². The van der Waals surface area contributed by atoms with E-state index in [0.29, 0.717) is 5.76 Å². The Kier molecular flexibility index (Phi) is 4.57. The highest BCUT2D eigenvalue weighted by atomic mass is 79.9. The molecule has 0 amide bonds. The summed E-state index contributed by atoms with van der Waals surface area (Å²) in [6.07, 6.45) is 0. The standard InChI is InChI=1S/C14H17BrO3/c1-7-6-8(2)12(15)9(3)11(7)13(18-5)10(4)14(16)17/h6H,1-5H3,(H,16,17)/b13-10+. The van der Waals surface area contributed by atoms with Crippen LogP contribution >= 0.6 is 15.9 Å². The molecule has 0 atom stereocenters. The van der Waals surface area contributed by atoms with Gasteiger partial charge in [-0.2, -0.15) is 0 Å². The molecule has 1 aromatic rings. The SMILES string of the molecule is CO/C(=C(\C)C(=O)O)c1c(C)cc(C)c(Br)c1C. The molecule has 0 aliphatic carbocycles. The zero-order valence-electron chi connectivity index (χ0n) is 11.2. The number of ether oxygens (including phenoxy) is 1. The van der Waals surface area contributed by atoms with Crippen LogP contribution in [0.3, 0.4) is 0 Å². The largest absolute Gasteiger partial charge is 0.496 e. The van der Waals surface area contributed by atoms with Crippen molar-refractivity contribution in [2.75, 3.05) is 7.11 Å². The van der Waals surface area contributed by atoms with Gasteiger partial charge in [-0.05, 0) is 44.4 Å². The summed E-state index contributed by atoms with van der Waals surface area (Å²) in [6.45, 7) is 7.46. The molecule has 0 spiro atoms. The van der Waals surface area contributed by atoms with Crippen molar-refractivity contribution in [3.05, 3.63) is 38.4 Å². The highest BCUT2D eigenvalue weighted by molar-refractivity contribution is 9.10. The minimum absolute atomic E-state index is 0.208. The Labute approximate surface area is 116 Å². The highest BCUT2D eigenvalue weighted by Crippen LogP contribution is 2.33. The zero-order valence-corrected chi connectivity index (χ0v) is 12.8. The van der Waals surface area contributed by atoms with Gasteiger partial charge in [0.1, 0.15) is 5.76 Å². The van der Waals surface area contributed by atoms with Crippen LogP contribution in [0.15, 0.2) is 16.1 Å². The molecule has 0 aliphatic rings. The van der Waals surface area contributed by atoms with Crippen LogP contribution in [-0.2, 0) is 9.53 Å². The monoisotopic (exact) mass is 312 g/mol. The summed E-state index contributed by atoms with van der Waals surface area (Å²) in [6, 6.07) is 2.01. The topological polar surface area (TPSA) is 46.5 Å². The van der Waals surface area contributed by atoms with E-state index in [1.54, 1.807) is 6.92 Å². The molecule has 0 aliphatic heterocycles. The number of rotatable bonds is 3. The number of aryl methyl sites for hydroxylation is 2. The van der Waals surface area contributed by atoms with Gasteiger partial charge in [-0.1, -0.05) is 22.0 Å². The number of hydrogen-bond donors (Lipinski definition) is 1. The van der Waals surface area contributed by atoms with Crippen molar-refractivity contribution >= 4 is 27.7 Å². The molecule has 0 radical (unpaired) electrons. The van der Waals surface area contributed by atoms with Crippen molar-refractivity contribution in [2.45, 2.75) is 27.7 Å². The molecular weight excluding hydrogens is 296 g/mol. The van der Waals surface area contributed by atoms with E-state index < -0.39 is 5.97 Å². The van der Waals surface area contributed by atoms with Crippen molar-refractivity contribution in [3.8, 4) is 0 Å². The third-order valence-corrected chi connectivity index (χ3v) is 4.19. The Bertz CT molecular complexity index is 530. The van der Waals surface area contributed by atoms with Crippen LogP contribution in [0.25, 0.3) is 5.76 Å². The Morgan fingerprint density at radius 1 is 1.28 bits per heavy atom. The summed E-state index contributed by atoms with van der Waals surface area (Å²) in [5.41, 5.74) is 4.17. The molecule has 0 heterocycles. The van der Waals surface area contributed by atoms with Crippen LogP contribution in [-0.4, -0.2) is 18.2 Å². The predicted molar refractivity (Wildman–Crippen MR) is 75.6 cm³/mol. The van der Waals surface area contributed by atoms with E-state index in [2.05, 4.69) is 15.9 Å². The summed E-state index contributed by atoms with van der Waals surface area (Å²) in [4.78, 5) is 11.1. The van der Waals surface area contributed by atoms with Gasteiger partial charge in [0.05, 0.1) is 12.7 Å². The zero-order chi connectivity index (χ0) is 14.0. The van der Waals surface area contributed by atoms with Gasteiger partial charge >= 0.3 is 5.97 Å². The van der Waals surface area contributed by atoms with Crippen LogP contribution in [0, 0.1) is 20.8 Å². The smallest absolute Gasteiger partial charge is 0.335 e. The van der Waals surface area contributed by atoms with Crippen LogP contribution in [0.4, 0.5) is 0 Å². The molecule has 3 nitrogen and oxygen atoms in total. The molecule has 0 saturated heterocycles. The van der Waals surface area contributed by atoms with Gasteiger partial charge in [-0.15, -0.1) is 0 Å². The molecular formula is C14H17BrO3. The number of carboxylic acids is 1. The van der Waals surface area contributed by atoms with E-state index in [9.17, 15) is 4.79 Å². The number of methoxy groups -OCH3 is 1. The molecule has 0 aromatic heterocycles. The Morgan fingerprint density at radius 2 is 1.83 bits per heavy atom. The molecule has 98 valence electrons. The Hall–Kier alpha value is -1.29. The lowest BCUT2D eigenvalue weighted by atomic mass is 9.96. The summed E-state index contributed by atoms with van der Waals surface area (Å²) in [5, 5.41) is 9.10. The van der Waals surface area contributed by atoms with Crippen LogP contribution in [0.1, 0.15) is 29.2 Å². The third-order valence-electron chi connectivity index (χ3n) is 2.97. The van der Waals surface area contributed by atoms with E-state index in [4.69, 9.17) is 9.84 Å². The molecule has 1 rings (SSSR count). The average molecular weight is 313 g/mol. The van der Waals surface area contributed by atoms with Crippen molar-refractivity contribution in [3.63, 3.8) is 0 Å². The number of halogens is 1. The van der Waals surface area contributed by atoms with Gasteiger partial charge in [0.15, 0.2) is 0 Å². The molecule has 18 heavy (non-hydrogen) atoms. The summed E-state index contributed by atoms with van der Waals surface area (Å²) in [7, 11) is 1.49. The second-order valence-corrected chi connectivity index (χ2v) is 5.08. The van der Waals surface area contributed by atoms with Crippen molar-refractivity contribution in [1.82, 2.24) is 0 Å². The van der Waals surface area contributed by atoms with Gasteiger partial charge in [-0.25, -0.2) is 4.79 Å². The van der Waals surface area contributed by atoms with E-state index in [1.807, 2.05) is 26.8 Å². The van der Waals surface area contributed by atoms with Gasteiger partial charge in [0, 0.05) is 10.0 Å². The maximum Gasteiger partial charge on any atom is 0.335 e. The van der Waals surface area contributed by atoms with Gasteiger partial charge < -0.3 is 9.84 Å². The average Bonchev–Trinajstić information content (AvgIpc) is 2.30. The van der Waals surface area contributed by atoms with E-state index in [1.165, 1.54) is 7.11 Å². The molecule has 1 aromatic carbocycles. The lowest BCUT2D eigenvalue weighted by molar-refractivity contribution is -0.132. The molecule has 1 N–H and O–H groups in total. The lowest BCUT2D eigenvalue weighted by Gasteiger charge is -2.17. The first-order valence-corrected chi connectivity index (χ1v) is 6.35. The van der Waals surface area contributed by atoms with E-state index in [0.717, 1.165) is 26.7 Å². The quantitative estimate of drug-likeness (QED) is 0.681. The van der Waals surface area contributed by atoms with E-state index >= 15 is 0 Å². The lowest BCUT2D eigenvalue weighted by Crippen LogP contribution is -2.06. The van der Waals surface area contributed by atoms with Crippen LogP contribution < -0.4 is 0 Å². The summed E-state index contributed by atoms with van der Waals surface area (Å²) < 4.78 is 6.28. The minimum Gasteiger partial charge on any atom is -0.496 e. The first-order chi connectivity index (χ1) is 8.31. The fourth-order valence-electron chi connectivity index (χ4n) is 2.05. The molecule has 0 unspecified atom stereocenters.